The van der Waals surface area contributed by atoms with Crippen LogP contribution in [0.25, 0.3) is 0 Å². The highest BCUT2D eigenvalue weighted by Crippen LogP contribution is 2.23. The summed E-state index contributed by atoms with van der Waals surface area (Å²) in [5.74, 6) is 0. The molecule has 2 aromatic rings. The monoisotopic (exact) mass is 308 g/mol. The van der Waals surface area contributed by atoms with Gasteiger partial charge in [-0.1, -0.05) is 20.8 Å². The van der Waals surface area contributed by atoms with Gasteiger partial charge in [-0.3, -0.25) is 13.9 Å². The lowest BCUT2D eigenvalue weighted by molar-refractivity contribution is 0.561. The van der Waals surface area contributed by atoms with Crippen LogP contribution in [-0.2, 0) is 18.5 Å². The van der Waals surface area contributed by atoms with Gasteiger partial charge in [-0.2, -0.15) is 0 Å². The maximum atomic E-state index is 12.2. The van der Waals surface area contributed by atoms with E-state index in [-0.39, 0.29) is 29.8 Å². The van der Waals surface area contributed by atoms with Crippen molar-refractivity contribution in [2.75, 3.05) is 6.54 Å². The molecule has 0 atom stereocenters. The lowest BCUT2D eigenvalue weighted by Gasteiger charge is -2.14. The van der Waals surface area contributed by atoms with Crippen LogP contribution in [0.3, 0.4) is 0 Å². The Kier molecular flexibility index (Phi) is 4.43. The molecule has 2 heterocycles. The van der Waals surface area contributed by atoms with Crippen molar-refractivity contribution >= 4 is 11.3 Å². The second kappa shape index (κ2) is 5.95. The van der Waals surface area contributed by atoms with Gasteiger partial charge in [0.05, 0.1) is 12.2 Å². The first kappa shape index (κ1) is 15.7. The van der Waals surface area contributed by atoms with E-state index in [2.05, 4.69) is 25.8 Å². The largest absolute Gasteiger partial charge is 0.331 e. The summed E-state index contributed by atoms with van der Waals surface area (Å²) in [4.78, 5) is 28.4. The molecule has 21 heavy (non-hydrogen) atoms. The van der Waals surface area contributed by atoms with Gasteiger partial charge >= 0.3 is 5.69 Å². The van der Waals surface area contributed by atoms with Gasteiger partial charge in [0.25, 0.3) is 5.56 Å². The fourth-order valence-electron chi connectivity index (χ4n) is 1.89. The molecule has 2 rings (SSSR count). The van der Waals surface area contributed by atoms with Gasteiger partial charge in [-0.15, -0.1) is 11.3 Å². The normalized spacial score (nSPS) is 11.8. The third-order valence-electron chi connectivity index (χ3n) is 3.12. The van der Waals surface area contributed by atoms with Crippen LogP contribution in [0.4, 0.5) is 0 Å². The molecule has 0 aromatic carbocycles. The maximum Gasteiger partial charge on any atom is 0.331 e. The van der Waals surface area contributed by atoms with Gasteiger partial charge in [0.1, 0.15) is 5.01 Å². The Bertz CT molecular complexity index is 736. The third kappa shape index (κ3) is 3.48. The summed E-state index contributed by atoms with van der Waals surface area (Å²) in [5.41, 5.74) is 5.75. The Hall–Kier alpha value is -1.73. The van der Waals surface area contributed by atoms with E-state index >= 15 is 0 Å². The van der Waals surface area contributed by atoms with Crippen LogP contribution in [0.1, 0.15) is 31.5 Å². The molecule has 0 bridgehead atoms. The molecule has 0 saturated carbocycles. The van der Waals surface area contributed by atoms with Gasteiger partial charge in [0.15, 0.2) is 0 Å². The quantitative estimate of drug-likeness (QED) is 0.904. The molecule has 0 unspecified atom stereocenters. The number of nitrogens with zero attached hydrogens (tertiary/aromatic N) is 3. The van der Waals surface area contributed by atoms with E-state index in [0.29, 0.717) is 6.54 Å². The minimum Gasteiger partial charge on any atom is -0.329 e. The van der Waals surface area contributed by atoms with Crippen molar-refractivity contribution in [3.63, 3.8) is 0 Å². The molecule has 114 valence electrons. The van der Waals surface area contributed by atoms with Crippen LogP contribution in [-0.4, -0.2) is 20.7 Å². The third-order valence-corrected chi connectivity index (χ3v) is 3.95. The van der Waals surface area contributed by atoms with Gasteiger partial charge in [-0.05, 0) is 0 Å². The SMILES string of the molecule is CC(C)(C)c1csc(Cn2ccc(=O)n(CCN)c2=O)n1. The Morgan fingerprint density at radius 1 is 1.33 bits per heavy atom. The zero-order valence-electron chi connectivity index (χ0n) is 12.5. The molecule has 0 saturated heterocycles. The van der Waals surface area contributed by atoms with E-state index in [9.17, 15) is 9.59 Å². The molecular formula is C14H20N4O2S. The predicted molar refractivity (Wildman–Crippen MR) is 83.9 cm³/mol. The van der Waals surface area contributed by atoms with E-state index < -0.39 is 0 Å². The van der Waals surface area contributed by atoms with Crippen molar-refractivity contribution < 1.29 is 0 Å². The molecule has 7 heteroatoms. The number of hydrogen-bond acceptors (Lipinski definition) is 5. The highest BCUT2D eigenvalue weighted by molar-refractivity contribution is 7.09. The molecule has 2 aromatic heterocycles. The maximum absolute atomic E-state index is 12.2. The van der Waals surface area contributed by atoms with Crippen molar-refractivity contribution in [1.29, 1.82) is 0 Å². The van der Waals surface area contributed by atoms with Crippen molar-refractivity contribution in [2.24, 2.45) is 5.73 Å². The average molecular weight is 308 g/mol. The number of aromatic nitrogens is 3. The summed E-state index contributed by atoms with van der Waals surface area (Å²) in [7, 11) is 0. The zero-order valence-corrected chi connectivity index (χ0v) is 13.3. The minimum absolute atomic E-state index is 0.0158. The zero-order chi connectivity index (χ0) is 15.6. The standard InChI is InChI=1S/C14H20N4O2S/c1-14(2,3)10-9-21-11(16-10)8-17-6-4-12(19)18(7-5-15)13(17)20/h4,6,9H,5,7-8,15H2,1-3H3. The molecule has 0 fully saturated rings. The van der Waals surface area contributed by atoms with Gasteiger partial charge in [-0.25, -0.2) is 9.78 Å². The highest BCUT2D eigenvalue weighted by Gasteiger charge is 2.17. The first-order valence-electron chi connectivity index (χ1n) is 6.78. The van der Waals surface area contributed by atoms with Crippen LogP contribution in [0.5, 0.6) is 0 Å². The molecule has 6 nitrogen and oxygen atoms in total. The summed E-state index contributed by atoms with van der Waals surface area (Å²) in [6.07, 6.45) is 1.51. The number of hydrogen-bond donors (Lipinski definition) is 1. The lowest BCUT2D eigenvalue weighted by atomic mass is 9.93. The first-order chi connectivity index (χ1) is 9.82. The van der Waals surface area contributed by atoms with E-state index in [0.717, 1.165) is 15.3 Å². The minimum atomic E-state index is -0.347. The molecule has 0 spiro atoms. The van der Waals surface area contributed by atoms with E-state index in [1.54, 1.807) is 0 Å². The van der Waals surface area contributed by atoms with Crippen molar-refractivity contribution in [3.05, 3.63) is 49.2 Å². The van der Waals surface area contributed by atoms with Gasteiger partial charge in [0, 0.05) is 36.1 Å². The summed E-state index contributed by atoms with van der Waals surface area (Å²) >= 11 is 1.52. The van der Waals surface area contributed by atoms with E-state index in [1.165, 1.54) is 28.2 Å². The first-order valence-corrected chi connectivity index (χ1v) is 7.66. The smallest absolute Gasteiger partial charge is 0.329 e. The van der Waals surface area contributed by atoms with Crippen molar-refractivity contribution in [1.82, 2.24) is 14.1 Å². The average Bonchev–Trinajstić information content (AvgIpc) is 2.86. The summed E-state index contributed by atoms with van der Waals surface area (Å²) in [6, 6.07) is 1.38. The van der Waals surface area contributed by atoms with Crippen molar-refractivity contribution in [2.45, 2.75) is 39.3 Å². The molecule has 0 aliphatic heterocycles. The van der Waals surface area contributed by atoms with Crippen LogP contribution < -0.4 is 17.0 Å². The molecule has 0 aliphatic rings. The second-order valence-electron chi connectivity index (χ2n) is 5.88. The van der Waals surface area contributed by atoms with E-state index in [4.69, 9.17) is 5.73 Å². The second-order valence-corrected chi connectivity index (χ2v) is 6.82. The van der Waals surface area contributed by atoms with Crippen LogP contribution >= 0.6 is 11.3 Å². The van der Waals surface area contributed by atoms with E-state index in [1.807, 2.05) is 5.38 Å². The predicted octanol–water partition coefficient (Wildman–Crippen LogP) is 0.771. The summed E-state index contributed by atoms with van der Waals surface area (Å²) in [6.45, 7) is 7.14. The molecular weight excluding hydrogens is 288 g/mol. The topological polar surface area (TPSA) is 82.9 Å². The Morgan fingerprint density at radius 2 is 2.05 bits per heavy atom. The number of rotatable bonds is 4. The summed E-state index contributed by atoms with van der Waals surface area (Å²) < 4.78 is 2.64. The fraction of sp³-hybridized carbons (Fsp3) is 0.500. The Labute approximate surface area is 126 Å². The Balaban J connectivity index is 2.32. The van der Waals surface area contributed by atoms with Gasteiger partial charge in [0.2, 0.25) is 0 Å². The molecule has 0 amide bonds. The van der Waals surface area contributed by atoms with Crippen LogP contribution in [0.2, 0.25) is 0 Å². The number of nitrogens with two attached hydrogens (primary N) is 1. The van der Waals surface area contributed by atoms with Gasteiger partial charge < -0.3 is 5.73 Å². The van der Waals surface area contributed by atoms with Crippen molar-refractivity contribution in [3.8, 4) is 0 Å². The lowest BCUT2D eigenvalue weighted by Crippen LogP contribution is -2.40. The van der Waals surface area contributed by atoms with Crippen LogP contribution in [0.15, 0.2) is 27.2 Å². The molecule has 0 aliphatic carbocycles. The highest BCUT2D eigenvalue weighted by atomic mass is 32.1. The fourth-order valence-corrected chi connectivity index (χ4v) is 2.90. The number of thiazole rings is 1. The molecule has 2 N–H and O–H groups in total. The van der Waals surface area contributed by atoms with Crippen LogP contribution in [0, 0.1) is 0 Å². The Morgan fingerprint density at radius 3 is 2.62 bits per heavy atom. The summed E-state index contributed by atoms with van der Waals surface area (Å²) in [5, 5.41) is 2.86. The molecule has 0 radical (unpaired) electrons.